The van der Waals surface area contributed by atoms with Gasteiger partial charge in [-0.15, -0.1) is 0 Å². The second-order valence-electron chi connectivity index (χ2n) is 7.77. The molecule has 10 heteroatoms. The fraction of sp³-hybridized carbons (Fsp3) is 0.526. The normalized spacial score (nSPS) is 18.0. The third kappa shape index (κ3) is 4.21. The summed E-state index contributed by atoms with van der Waals surface area (Å²) in [4.78, 5) is 37.1. The number of hydrogen-bond donors (Lipinski definition) is 1. The molecule has 1 aliphatic carbocycles. The zero-order chi connectivity index (χ0) is 20.5. The molecule has 0 radical (unpaired) electrons. The van der Waals surface area contributed by atoms with Crippen LogP contribution in [0.1, 0.15) is 43.5 Å². The molecule has 29 heavy (non-hydrogen) atoms. The molecule has 1 aliphatic heterocycles. The number of benzene rings is 1. The number of carbonyl (C=O) groups excluding carboxylic acids is 1. The van der Waals surface area contributed by atoms with Gasteiger partial charge in [-0.3, -0.25) is 24.4 Å². The minimum atomic E-state index is -0.487. The van der Waals surface area contributed by atoms with E-state index in [2.05, 4.69) is 15.3 Å². The standard InChI is InChI=1S/C19H24N6O4/c1-22-19(27)24(15-5-6-15)18(21-22)13-7-9-23(10-8-13)12-17(26)20-14-3-2-4-16(11-14)25(28)29/h2-4,11,13,15H,5-10,12H2,1H3,(H,20,26). The first-order valence-corrected chi connectivity index (χ1v) is 9.84. The highest BCUT2D eigenvalue weighted by molar-refractivity contribution is 5.92. The van der Waals surface area contributed by atoms with E-state index >= 15 is 0 Å². The van der Waals surface area contributed by atoms with Crippen molar-refractivity contribution in [3.05, 3.63) is 50.7 Å². The van der Waals surface area contributed by atoms with Crippen molar-refractivity contribution in [3.8, 4) is 0 Å². The molecule has 1 N–H and O–H groups in total. The Labute approximate surface area is 167 Å². The number of carbonyl (C=O) groups is 1. The number of aryl methyl sites for hydroxylation is 1. The summed E-state index contributed by atoms with van der Waals surface area (Å²) in [5.41, 5.74) is 0.322. The molecule has 1 aromatic heterocycles. The number of nitro groups is 1. The highest BCUT2D eigenvalue weighted by Crippen LogP contribution is 2.37. The number of likely N-dealkylation sites (tertiary alicyclic amines) is 1. The van der Waals surface area contributed by atoms with E-state index in [9.17, 15) is 19.7 Å². The molecular formula is C19H24N6O4. The predicted molar refractivity (Wildman–Crippen MR) is 106 cm³/mol. The molecule has 2 aromatic rings. The Morgan fingerprint density at radius 2 is 2.00 bits per heavy atom. The van der Waals surface area contributed by atoms with E-state index in [4.69, 9.17) is 0 Å². The number of amides is 1. The summed E-state index contributed by atoms with van der Waals surface area (Å²) in [6.07, 6.45) is 3.76. The molecule has 1 saturated heterocycles. The third-order valence-corrected chi connectivity index (χ3v) is 5.55. The van der Waals surface area contributed by atoms with Crippen molar-refractivity contribution in [2.24, 2.45) is 7.05 Å². The van der Waals surface area contributed by atoms with E-state index in [1.165, 1.54) is 16.8 Å². The van der Waals surface area contributed by atoms with Gasteiger partial charge in [-0.2, -0.15) is 5.10 Å². The highest BCUT2D eigenvalue weighted by atomic mass is 16.6. The molecule has 0 bridgehead atoms. The maximum absolute atomic E-state index is 12.3. The summed E-state index contributed by atoms with van der Waals surface area (Å²) in [5, 5.41) is 18.1. The van der Waals surface area contributed by atoms with Crippen molar-refractivity contribution < 1.29 is 9.72 Å². The average molecular weight is 400 g/mol. The summed E-state index contributed by atoms with van der Waals surface area (Å²) in [7, 11) is 1.69. The molecule has 2 heterocycles. The van der Waals surface area contributed by atoms with Crippen LogP contribution in [0.5, 0.6) is 0 Å². The van der Waals surface area contributed by atoms with Crippen LogP contribution in [-0.2, 0) is 11.8 Å². The molecule has 1 aromatic carbocycles. The monoisotopic (exact) mass is 400 g/mol. The smallest absolute Gasteiger partial charge is 0.325 e. The Balaban J connectivity index is 1.33. The largest absolute Gasteiger partial charge is 0.345 e. The van der Waals surface area contributed by atoms with Crippen LogP contribution < -0.4 is 11.0 Å². The van der Waals surface area contributed by atoms with E-state index in [0.29, 0.717) is 11.7 Å². The summed E-state index contributed by atoms with van der Waals surface area (Å²) >= 11 is 0. The van der Waals surface area contributed by atoms with Crippen molar-refractivity contribution in [1.29, 1.82) is 0 Å². The zero-order valence-electron chi connectivity index (χ0n) is 16.3. The lowest BCUT2D eigenvalue weighted by atomic mass is 9.96. The Kier molecular flexibility index (Phi) is 5.18. The molecule has 0 spiro atoms. The van der Waals surface area contributed by atoms with Crippen LogP contribution in [0.4, 0.5) is 11.4 Å². The molecule has 0 unspecified atom stereocenters. The Hall–Kier alpha value is -3.01. The van der Waals surface area contributed by atoms with Crippen LogP contribution >= 0.6 is 0 Å². The van der Waals surface area contributed by atoms with Crippen molar-refractivity contribution in [2.75, 3.05) is 25.0 Å². The second-order valence-corrected chi connectivity index (χ2v) is 7.77. The van der Waals surface area contributed by atoms with Gasteiger partial charge in [-0.1, -0.05) is 6.07 Å². The van der Waals surface area contributed by atoms with Gasteiger partial charge in [0.05, 0.1) is 11.5 Å². The Morgan fingerprint density at radius 1 is 1.28 bits per heavy atom. The van der Waals surface area contributed by atoms with Gasteiger partial charge in [-0.25, -0.2) is 9.48 Å². The van der Waals surface area contributed by atoms with Crippen LogP contribution in [0, 0.1) is 10.1 Å². The zero-order valence-corrected chi connectivity index (χ0v) is 16.3. The molecule has 10 nitrogen and oxygen atoms in total. The number of non-ortho nitro benzene ring substituents is 1. The lowest BCUT2D eigenvalue weighted by molar-refractivity contribution is -0.384. The van der Waals surface area contributed by atoms with Gasteiger partial charge in [0.25, 0.3) is 5.69 Å². The molecule has 2 aliphatic rings. The number of rotatable bonds is 6. The first kappa shape index (κ1) is 19.3. The quantitative estimate of drug-likeness (QED) is 0.582. The summed E-state index contributed by atoms with van der Waals surface area (Å²) < 4.78 is 3.28. The van der Waals surface area contributed by atoms with Crippen molar-refractivity contribution in [2.45, 2.75) is 37.6 Å². The SMILES string of the molecule is Cn1nc(C2CCN(CC(=O)Nc3cccc([N+](=O)[O-])c3)CC2)n(C2CC2)c1=O. The van der Waals surface area contributed by atoms with Gasteiger partial charge >= 0.3 is 5.69 Å². The topological polar surface area (TPSA) is 115 Å². The molecule has 2 fully saturated rings. The van der Waals surface area contributed by atoms with Crippen molar-refractivity contribution in [1.82, 2.24) is 19.2 Å². The van der Waals surface area contributed by atoms with Gasteiger partial charge in [0.1, 0.15) is 5.82 Å². The van der Waals surface area contributed by atoms with Crippen LogP contribution in [0.25, 0.3) is 0 Å². The minimum absolute atomic E-state index is 0.0405. The van der Waals surface area contributed by atoms with Crippen LogP contribution in [0.2, 0.25) is 0 Å². The molecule has 4 rings (SSSR count). The van der Waals surface area contributed by atoms with Gasteiger partial charge in [0.2, 0.25) is 5.91 Å². The number of nitrogens with zero attached hydrogens (tertiary/aromatic N) is 5. The van der Waals surface area contributed by atoms with Crippen LogP contribution in [-0.4, -0.2) is 49.7 Å². The molecular weight excluding hydrogens is 376 g/mol. The van der Waals surface area contributed by atoms with E-state index in [1.54, 1.807) is 19.2 Å². The minimum Gasteiger partial charge on any atom is -0.325 e. The number of piperidine rings is 1. The average Bonchev–Trinajstić information content (AvgIpc) is 3.48. The van der Waals surface area contributed by atoms with E-state index in [0.717, 1.165) is 44.6 Å². The summed E-state index contributed by atoms with van der Waals surface area (Å²) in [6.45, 7) is 1.71. The van der Waals surface area contributed by atoms with Gasteiger partial charge < -0.3 is 5.32 Å². The maximum atomic E-state index is 12.3. The van der Waals surface area contributed by atoms with E-state index in [1.807, 2.05) is 4.57 Å². The Morgan fingerprint density at radius 3 is 2.66 bits per heavy atom. The number of aromatic nitrogens is 3. The fourth-order valence-corrected chi connectivity index (χ4v) is 3.90. The number of hydrogen-bond acceptors (Lipinski definition) is 6. The first-order valence-electron chi connectivity index (χ1n) is 9.84. The molecule has 1 saturated carbocycles. The lowest BCUT2D eigenvalue weighted by Gasteiger charge is -2.31. The maximum Gasteiger partial charge on any atom is 0.345 e. The first-order chi connectivity index (χ1) is 13.9. The third-order valence-electron chi connectivity index (χ3n) is 5.55. The Bertz CT molecular complexity index is 985. The highest BCUT2D eigenvalue weighted by Gasteiger charge is 2.33. The molecule has 1 amide bonds. The van der Waals surface area contributed by atoms with Gasteiger partial charge in [0, 0.05) is 36.8 Å². The van der Waals surface area contributed by atoms with Crippen LogP contribution in [0.15, 0.2) is 29.1 Å². The van der Waals surface area contributed by atoms with Gasteiger partial charge in [0.15, 0.2) is 0 Å². The lowest BCUT2D eigenvalue weighted by Crippen LogP contribution is -2.39. The van der Waals surface area contributed by atoms with Crippen LogP contribution in [0.3, 0.4) is 0 Å². The number of nitro benzene ring substituents is 1. The summed E-state index contributed by atoms with van der Waals surface area (Å²) in [5.74, 6) is 0.901. The number of anilines is 1. The van der Waals surface area contributed by atoms with Gasteiger partial charge in [-0.05, 0) is 44.8 Å². The predicted octanol–water partition coefficient (Wildman–Crippen LogP) is 1.64. The van der Waals surface area contributed by atoms with Crippen molar-refractivity contribution >= 4 is 17.3 Å². The molecule has 154 valence electrons. The number of nitrogens with one attached hydrogen (secondary N) is 1. The second kappa shape index (κ2) is 7.78. The summed E-state index contributed by atoms with van der Waals surface area (Å²) in [6, 6.07) is 6.22. The molecule has 0 atom stereocenters. The van der Waals surface area contributed by atoms with E-state index in [-0.39, 0.29) is 29.7 Å². The fourth-order valence-electron chi connectivity index (χ4n) is 3.90. The van der Waals surface area contributed by atoms with Crippen molar-refractivity contribution in [3.63, 3.8) is 0 Å². The van der Waals surface area contributed by atoms with E-state index < -0.39 is 4.92 Å².